The Balaban J connectivity index is 1.58. The molecule has 1 saturated heterocycles. The lowest BCUT2D eigenvalue weighted by Gasteiger charge is -2.18. The largest absolute Gasteiger partial charge is 0.371 e. The van der Waals surface area contributed by atoms with Crippen LogP contribution in [-0.2, 0) is 22.9 Å². The minimum Gasteiger partial charge on any atom is -0.371 e. The zero-order valence-corrected chi connectivity index (χ0v) is 14.5. The van der Waals surface area contributed by atoms with Crippen molar-refractivity contribution in [1.29, 1.82) is 0 Å². The van der Waals surface area contributed by atoms with Crippen LogP contribution in [-0.4, -0.2) is 21.5 Å². The van der Waals surface area contributed by atoms with Gasteiger partial charge in [0.1, 0.15) is 0 Å². The van der Waals surface area contributed by atoms with Crippen LogP contribution in [0.15, 0.2) is 47.4 Å². The van der Waals surface area contributed by atoms with E-state index in [9.17, 15) is 8.42 Å². The highest BCUT2D eigenvalue weighted by Gasteiger charge is 2.19. The Labute approximate surface area is 143 Å². The van der Waals surface area contributed by atoms with Gasteiger partial charge < -0.3 is 4.90 Å². The van der Waals surface area contributed by atoms with E-state index in [4.69, 9.17) is 0 Å². The summed E-state index contributed by atoms with van der Waals surface area (Å²) in [7, 11) is -3.54. The maximum absolute atomic E-state index is 12.7. The molecular weight excluding hydrogens is 320 g/mol. The van der Waals surface area contributed by atoms with Crippen molar-refractivity contribution in [2.45, 2.75) is 37.0 Å². The van der Waals surface area contributed by atoms with Gasteiger partial charge in [0.25, 0.3) is 10.0 Å². The van der Waals surface area contributed by atoms with Gasteiger partial charge in [0.15, 0.2) is 0 Å². The van der Waals surface area contributed by atoms with Crippen LogP contribution in [0.25, 0.3) is 0 Å². The summed E-state index contributed by atoms with van der Waals surface area (Å²) in [5.74, 6) is 0. The van der Waals surface area contributed by atoms with Crippen LogP contribution in [0.1, 0.15) is 30.4 Å². The summed E-state index contributed by atoms with van der Waals surface area (Å²) in [6.07, 6.45) is 5.55. The molecule has 2 aromatic carbocycles. The molecule has 1 aliphatic heterocycles. The molecule has 4 rings (SSSR count). The number of benzene rings is 2. The molecule has 1 heterocycles. The third-order valence-electron chi connectivity index (χ3n) is 4.95. The molecule has 0 aromatic heterocycles. The standard InChI is InChI=1S/C19H22N2O2S/c22-24(23,19-10-9-15-5-3-6-16(15)13-19)20-17-7-4-8-18(14-17)21-11-1-2-12-21/h4,7-10,13-14,20H,1-3,5-6,11-12H2. The van der Waals surface area contributed by atoms with Crippen LogP contribution in [0.4, 0.5) is 11.4 Å². The lowest BCUT2D eigenvalue weighted by molar-refractivity contribution is 0.601. The minimum absolute atomic E-state index is 0.356. The molecule has 4 nitrogen and oxygen atoms in total. The molecule has 2 aromatic rings. The molecule has 24 heavy (non-hydrogen) atoms. The first-order valence-corrected chi connectivity index (χ1v) is 10.1. The molecule has 0 saturated carbocycles. The van der Waals surface area contributed by atoms with Crippen LogP contribution in [0, 0.1) is 0 Å². The molecule has 1 N–H and O–H groups in total. The highest BCUT2D eigenvalue weighted by molar-refractivity contribution is 7.92. The van der Waals surface area contributed by atoms with Crippen LogP contribution in [0.2, 0.25) is 0 Å². The summed E-state index contributed by atoms with van der Waals surface area (Å²) < 4.78 is 28.2. The first-order valence-electron chi connectivity index (χ1n) is 8.61. The quantitative estimate of drug-likeness (QED) is 0.924. The molecule has 0 radical (unpaired) electrons. The number of nitrogens with zero attached hydrogens (tertiary/aromatic N) is 1. The maximum atomic E-state index is 12.7. The first-order chi connectivity index (χ1) is 11.6. The van der Waals surface area contributed by atoms with E-state index < -0.39 is 10.0 Å². The topological polar surface area (TPSA) is 49.4 Å². The third kappa shape index (κ3) is 3.00. The number of fused-ring (bicyclic) bond motifs is 1. The Bertz CT molecular complexity index is 855. The van der Waals surface area contributed by atoms with Crippen LogP contribution in [0.3, 0.4) is 0 Å². The zero-order valence-electron chi connectivity index (χ0n) is 13.7. The van der Waals surface area contributed by atoms with E-state index in [-0.39, 0.29) is 0 Å². The second-order valence-corrected chi connectivity index (χ2v) is 8.32. The van der Waals surface area contributed by atoms with Gasteiger partial charge in [0.05, 0.1) is 10.6 Å². The highest BCUT2D eigenvalue weighted by Crippen LogP contribution is 2.27. The summed E-state index contributed by atoms with van der Waals surface area (Å²) >= 11 is 0. The van der Waals surface area contributed by atoms with Crippen molar-refractivity contribution in [1.82, 2.24) is 0 Å². The fourth-order valence-electron chi connectivity index (χ4n) is 3.67. The molecule has 1 aliphatic carbocycles. The lowest BCUT2D eigenvalue weighted by Crippen LogP contribution is -2.18. The monoisotopic (exact) mass is 342 g/mol. The average Bonchev–Trinajstić information content (AvgIpc) is 3.25. The predicted octanol–water partition coefficient (Wildman–Crippen LogP) is 3.58. The van der Waals surface area contributed by atoms with Gasteiger partial charge in [0.2, 0.25) is 0 Å². The number of rotatable bonds is 4. The molecule has 2 aliphatic rings. The summed E-state index contributed by atoms with van der Waals surface area (Å²) in [5, 5.41) is 0. The minimum atomic E-state index is -3.54. The van der Waals surface area contributed by atoms with Gasteiger partial charge in [-0.25, -0.2) is 8.42 Å². The maximum Gasteiger partial charge on any atom is 0.261 e. The summed E-state index contributed by atoms with van der Waals surface area (Å²) in [6, 6.07) is 13.2. The fourth-order valence-corrected chi connectivity index (χ4v) is 4.77. The van der Waals surface area contributed by atoms with Gasteiger partial charge in [0, 0.05) is 18.8 Å². The van der Waals surface area contributed by atoms with Crippen molar-refractivity contribution in [3.05, 3.63) is 53.6 Å². The Morgan fingerprint density at radius 1 is 0.875 bits per heavy atom. The SMILES string of the molecule is O=S(=O)(Nc1cccc(N2CCCC2)c1)c1ccc2c(c1)CCC2. The van der Waals surface area contributed by atoms with Gasteiger partial charge in [-0.3, -0.25) is 4.72 Å². The van der Waals surface area contributed by atoms with Gasteiger partial charge in [-0.2, -0.15) is 0 Å². The molecule has 0 amide bonds. The molecule has 5 heteroatoms. The van der Waals surface area contributed by atoms with E-state index in [2.05, 4.69) is 9.62 Å². The van der Waals surface area contributed by atoms with Crippen molar-refractivity contribution >= 4 is 21.4 Å². The van der Waals surface area contributed by atoms with Crippen molar-refractivity contribution < 1.29 is 8.42 Å². The second-order valence-electron chi connectivity index (χ2n) is 6.63. The fraction of sp³-hybridized carbons (Fsp3) is 0.368. The molecular formula is C19H22N2O2S. The zero-order chi connectivity index (χ0) is 16.6. The van der Waals surface area contributed by atoms with Gasteiger partial charge in [-0.05, 0) is 73.6 Å². The van der Waals surface area contributed by atoms with Crippen molar-refractivity contribution in [2.24, 2.45) is 0 Å². The third-order valence-corrected chi connectivity index (χ3v) is 6.33. The molecule has 0 spiro atoms. The normalized spacial score (nSPS) is 17.1. The number of aryl methyl sites for hydroxylation is 2. The van der Waals surface area contributed by atoms with Crippen molar-refractivity contribution in [3.63, 3.8) is 0 Å². The van der Waals surface area contributed by atoms with Crippen molar-refractivity contribution in [3.8, 4) is 0 Å². The van der Waals surface area contributed by atoms with E-state index in [1.165, 1.54) is 24.0 Å². The van der Waals surface area contributed by atoms with E-state index >= 15 is 0 Å². The van der Waals surface area contributed by atoms with Crippen LogP contribution >= 0.6 is 0 Å². The van der Waals surface area contributed by atoms with Gasteiger partial charge >= 0.3 is 0 Å². The van der Waals surface area contributed by atoms with E-state index in [0.717, 1.165) is 38.0 Å². The van der Waals surface area contributed by atoms with Gasteiger partial charge in [-0.15, -0.1) is 0 Å². The second kappa shape index (κ2) is 6.13. The average molecular weight is 342 g/mol. The number of nitrogens with one attached hydrogen (secondary N) is 1. The van der Waals surface area contributed by atoms with Crippen LogP contribution < -0.4 is 9.62 Å². The van der Waals surface area contributed by atoms with Gasteiger partial charge in [-0.1, -0.05) is 12.1 Å². The Kier molecular flexibility index (Phi) is 3.96. The summed E-state index contributed by atoms with van der Waals surface area (Å²) in [5.41, 5.74) is 4.16. The van der Waals surface area contributed by atoms with E-state index in [1.54, 1.807) is 6.07 Å². The number of anilines is 2. The lowest BCUT2D eigenvalue weighted by atomic mass is 10.1. The van der Waals surface area contributed by atoms with Crippen LogP contribution in [0.5, 0.6) is 0 Å². The summed E-state index contributed by atoms with van der Waals surface area (Å²) in [6.45, 7) is 2.09. The Hall–Kier alpha value is -2.01. The molecule has 0 atom stereocenters. The Morgan fingerprint density at radius 3 is 2.50 bits per heavy atom. The predicted molar refractivity (Wildman–Crippen MR) is 97.2 cm³/mol. The number of hydrogen-bond acceptors (Lipinski definition) is 3. The molecule has 1 fully saturated rings. The van der Waals surface area contributed by atoms with E-state index in [0.29, 0.717) is 10.6 Å². The highest BCUT2D eigenvalue weighted by atomic mass is 32.2. The number of hydrogen-bond donors (Lipinski definition) is 1. The molecule has 0 unspecified atom stereocenters. The van der Waals surface area contributed by atoms with E-state index in [1.807, 2.05) is 36.4 Å². The smallest absolute Gasteiger partial charge is 0.261 e. The van der Waals surface area contributed by atoms with Crippen molar-refractivity contribution in [2.75, 3.05) is 22.7 Å². The summed E-state index contributed by atoms with van der Waals surface area (Å²) in [4.78, 5) is 2.66. The number of sulfonamides is 1. The first kappa shape index (κ1) is 15.5. The Morgan fingerprint density at radius 2 is 1.67 bits per heavy atom. The molecule has 0 bridgehead atoms. The molecule has 126 valence electrons.